The summed E-state index contributed by atoms with van der Waals surface area (Å²) in [5, 5.41) is 0. The Kier molecular flexibility index (Phi) is 4.88. The lowest BCUT2D eigenvalue weighted by molar-refractivity contribution is 0.101. The van der Waals surface area contributed by atoms with E-state index in [2.05, 4.69) is 4.72 Å². The Morgan fingerprint density at radius 2 is 1.76 bits per heavy atom. The van der Waals surface area contributed by atoms with E-state index in [-0.39, 0.29) is 10.7 Å². The summed E-state index contributed by atoms with van der Waals surface area (Å²) >= 11 is 0. The molecule has 2 rings (SSSR count). The Bertz CT molecular complexity index is 724. The molecule has 2 aromatic rings. The highest BCUT2D eigenvalue weighted by molar-refractivity contribution is 7.89. The van der Waals surface area contributed by atoms with E-state index in [0.717, 1.165) is 5.56 Å². The van der Waals surface area contributed by atoms with E-state index in [0.29, 0.717) is 18.5 Å². The number of rotatable bonds is 6. The molecule has 1 N–H and O–H groups in total. The monoisotopic (exact) mass is 303 g/mol. The van der Waals surface area contributed by atoms with Crippen molar-refractivity contribution in [2.45, 2.75) is 18.2 Å². The largest absolute Gasteiger partial charge is 0.295 e. The minimum absolute atomic E-state index is 0.00159. The highest BCUT2D eigenvalue weighted by atomic mass is 32.2. The van der Waals surface area contributed by atoms with Crippen LogP contribution in [0.3, 0.4) is 0 Å². The molecule has 0 aliphatic carbocycles. The van der Waals surface area contributed by atoms with Crippen LogP contribution in [0.25, 0.3) is 0 Å². The van der Waals surface area contributed by atoms with Crippen molar-refractivity contribution in [2.75, 3.05) is 6.54 Å². The van der Waals surface area contributed by atoms with Gasteiger partial charge in [-0.15, -0.1) is 0 Å². The van der Waals surface area contributed by atoms with Crippen LogP contribution in [0.5, 0.6) is 0 Å². The Morgan fingerprint density at radius 3 is 2.43 bits per heavy atom. The normalized spacial score (nSPS) is 11.3. The lowest BCUT2D eigenvalue weighted by Crippen LogP contribution is -2.25. The van der Waals surface area contributed by atoms with Gasteiger partial charge in [0.05, 0.1) is 4.90 Å². The molecule has 0 fully saturated rings. The number of carbonyl (C=O) groups is 1. The van der Waals surface area contributed by atoms with Gasteiger partial charge < -0.3 is 0 Å². The molecule has 0 saturated carbocycles. The van der Waals surface area contributed by atoms with Gasteiger partial charge >= 0.3 is 0 Å². The number of ketones is 1. The molecule has 21 heavy (non-hydrogen) atoms. The highest BCUT2D eigenvalue weighted by Crippen LogP contribution is 2.09. The van der Waals surface area contributed by atoms with Gasteiger partial charge in [-0.3, -0.25) is 4.79 Å². The second kappa shape index (κ2) is 6.65. The molecule has 4 nitrogen and oxygen atoms in total. The third kappa shape index (κ3) is 4.24. The van der Waals surface area contributed by atoms with Crippen LogP contribution < -0.4 is 4.72 Å². The van der Waals surface area contributed by atoms with Crippen molar-refractivity contribution >= 4 is 15.8 Å². The van der Waals surface area contributed by atoms with Gasteiger partial charge in [-0.2, -0.15) is 0 Å². The van der Waals surface area contributed by atoms with Gasteiger partial charge in [0.1, 0.15) is 0 Å². The molecule has 5 heteroatoms. The van der Waals surface area contributed by atoms with Crippen molar-refractivity contribution in [3.05, 3.63) is 65.7 Å². The second-order valence-electron chi connectivity index (χ2n) is 4.72. The van der Waals surface area contributed by atoms with Crippen LogP contribution >= 0.6 is 0 Å². The molecule has 0 heterocycles. The molecule has 0 unspecified atom stereocenters. The number of nitrogens with one attached hydrogen (secondary N) is 1. The summed E-state index contributed by atoms with van der Waals surface area (Å²) in [7, 11) is -3.47. The van der Waals surface area contributed by atoms with Gasteiger partial charge in [-0.05, 0) is 37.1 Å². The zero-order valence-electron chi connectivity index (χ0n) is 11.7. The molecule has 110 valence electrons. The quantitative estimate of drug-likeness (QED) is 0.834. The van der Waals surface area contributed by atoms with Crippen LogP contribution in [0.2, 0.25) is 0 Å². The van der Waals surface area contributed by atoms with Crippen molar-refractivity contribution in [3.63, 3.8) is 0 Å². The van der Waals surface area contributed by atoms with Gasteiger partial charge in [-0.1, -0.05) is 36.4 Å². The van der Waals surface area contributed by atoms with E-state index < -0.39 is 10.0 Å². The fraction of sp³-hybridized carbons (Fsp3) is 0.188. The Hall–Kier alpha value is -1.98. The SMILES string of the molecule is CC(=O)c1cccc(CCNS(=O)(=O)c2ccccc2)c1. The topological polar surface area (TPSA) is 63.2 Å². The summed E-state index contributed by atoms with van der Waals surface area (Å²) in [5.41, 5.74) is 1.57. The third-order valence-electron chi connectivity index (χ3n) is 3.09. The number of sulfonamides is 1. The van der Waals surface area contributed by atoms with E-state index in [4.69, 9.17) is 0 Å². The van der Waals surface area contributed by atoms with E-state index >= 15 is 0 Å². The Morgan fingerprint density at radius 1 is 1.05 bits per heavy atom. The summed E-state index contributed by atoms with van der Waals surface area (Å²) in [4.78, 5) is 11.6. The fourth-order valence-electron chi connectivity index (χ4n) is 1.96. The van der Waals surface area contributed by atoms with Gasteiger partial charge in [0.25, 0.3) is 0 Å². The molecule has 0 saturated heterocycles. The maximum absolute atomic E-state index is 12.0. The minimum atomic E-state index is -3.47. The first-order valence-electron chi connectivity index (χ1n) is 6.63. The van der Waals surface area contributed by atoms with E-state index in [1.165, 1.54) is 6.92 Å². The van der Waals surface area contributed by atoms with Crippen LogP contribution in [-0.2, 0) is 16.4 Å². The van der Waals surface area contributed by atoms with Crippen molar-refractivity contribution in [3.8, 4) is 0 Å². The predicted molar refractivity (Wildman–Crippen MR) is 81.8 cm³/mol. The Labute approximate surface area is 124 Å². The molecule has 0 aliphatic rings. The predicted octanol–water partition coefficient (Wildman–Crippen LogP) is 2.41. The minimum Gasteiger partial charge on any atom is -0.295 e. The molecule has 0 aromatic heterocycles. The van der Waals surface area contributed by atoms with Crippen LogP contribution in [0.1, 0.15) is 22.8 Å². The highest BCUT2D eigenvalue weighted by Gasteiger charge is 2.12. The summed E-state index contributed by atoms with van der Waals surface area (Å²) in [6.07, 6.45) is 0.535. The fourth-order valence-corrected chi connectivity index (χ4v) is 3.01. The number of hydrogen-bond acceptors (Lipinski definition) is 3. The summed E-state index contributed by atoms with van der Waals surface area (Å²) in [6.45, 7) is 1.80. The summed E-state index contributed by atoms with van der Waals surface area (Å²) < 4.78 is 26.6. The van der Waals surface area contributed by atoms with Crippen molar-refractivity contribution in [1.82, 2.24) is 4.72 Å². The lowest BCUT2D eigenvalue weighted by atomic mass is 10.1. The average molecular weight is 303 g/mol. The number of carbonyl (C=O) groups excluding carboxylic acids is 1. The van der Waals surface area contributed by atoms with E-state index in [1.807, 2.05) is 6.07 Å². The molecule has 0 radical (unpaired) electrons. The van der Waals surface area contributed by atoms with Crippen LogP contribution in [0.4, 0.5) is 0 Å². The van der Waals surface area contributed by atoms with Crippen LogP contribution in [0, 0.1) is 0 Å². The van der Waals surface area contributed by atoms with Crippen molar-refractivity contribution < 1.29 is 13.2 Å². The third-order valence-corrected chi connectivity index (χ3v) is 4.57. The van der Waals surface area contributed by atoms with Crippen LogP contribution in [-0.4, -0.2) is 20.7 Å². The lowest BCUT2D eigenvalue weighted by Gasteiger charge is -2.07. The van der Waals surface area contributed by atoms with E-state index in [1.54, 1.807) is 48.5 Å². The average Bonchev–Trinajstić information content (AvgIpc) is 2.48. The standard InChI is InChI=1S/C16H17NO3S/c1-13(18)15-7-5-6-14(12-15)10-11-17-21(19,20)16-8-3-2-4-9-16/h2-9,12,17H,10-11H2,1H3. The molecule has 0 bridgehead atoms. The summed E-state index contributed by atoms with van der Waals surface area (Å²) in [6, 6.07) is 15.5. The first-order valence-corrected chi connectivity index (χ1v) is 8.12. The number of Topliss-reactive ketones (excluding diaryl/α,β-unsaturated/α-hetero) is 1. The van der Waals surface area contributed by atoms with Crippen molar-refractivity contribution in [2.24, 2.45) is 0 Å². The van der Waals surface area contributed by atoms with Crippen molar-refractivity contribution in [1.29, 1.82) is 0 Å². The van der Waals surface area contributed by atoms with Gasteiger partial charge in [-0.25, -0.2) is 13.1 Å². The van der Waals surface area contributed by atoms with Gasteiger partial charge in [0.15, 0.2) is 5.78 Å². The van der Waals surface area contributed by atoms with Gasteiger partial charge in [0, 0.05) is 12.1 Å². The molecular formula is C16H17NO3S. The van der Waals surface area contributed by atoms with Gasteiger partial charge in [0.2, 0.25) is 10.0 Å². The summed E-state index contributed by atoms with van der Waals surface area (Å²) in [5.74, 6) is 0.00159. The molecule has 0 atom stereocenters. The first-order chi connectivity index (χ1) is 9.99. The smallest absolute Gasteiger partial charge is 0.240 e. The number of hydrogen-bond donors (Lipinski definition) is 1. The molecular weight excluding hydrogens is 286 g/mol. The second-order valence-corrected chi connectivity index (χ2v) is 6.48. The van der Waals surface area contributed by atoms with E-state index in [9.17, 15) is 13.2 Å². The number of benzene rings is 2. The Balaban J connectivity index is 1.98. The molecule has 0 aliphatic heterocycles. The molecule has 0 spiro atoms. The zero-order valence-corrected chi connectivity index (χ0v) is 12.6. The first kappa shape index (κ1) is 15.4. The molecule has 2 aromatic carbocycles. The maximum atomic E-state index is 12.0. The molecule has 0 amide bonds. The maximum Gasteiger partial charge on any atom is 0.240 e. The zero-order chi connectivity index (χ0) is 15.3. The van der Waals surface area contributed by atoms with Crippen LogP contribution in [0.15, 0.2) is 59.5 Å².